The summed E-state index contributed by atoms with van der Waals surface area (Å²) in [6.07, 6.45) is 1.38. The number of carbonyl (C=O) groups excluding carboxylic acids is 6. The van der Waals surface area contributed by atoms with E-state index in [1.807, 2.05) is 55.4 Å². The van der Waals surface area contributed by atoms with Gasteiger partial charge in [-0.05, 0) is 35.0 Å². The molecule has 4 N–H and O–H groups in total. The van der Waals surface area contributed by atoms with Crippen LogP contribution in [0.25, 0.3) is 0 Å². The van der Waals surface area contributed by atoms with Crippen LogP contribution < -0.4 is 21.3 Å². The Hall–Kier alpha value is -3.64. The normalized spacial score (nSPS) is 22.0. The molecule has 0 bridgehead atoms. The van der Waals surface area contributed by atoms with Crippen molar-refractivity contribution >= 4 is 35.7 Å². The van der Waals surface area contributed by atoms with Crippen molar-refractivity contribution in [2.75, 3.05) is 26.8 Å². The Labute approximate surface area is 260 Å². The fourth-order valence-electron chi connectivity index (χ4n) is 5.81. The zero-order chi connectivity index (χ0) is 33.6. The predicted molar refractivity (Wildman–Crippen MR) is 163 cm³/mol. The molecular weight excluding hydrogens is 570 g/mol. The highest BCUT2D eigenvalue weighted by Crippen LogP contribution is 2.65. The number of rotatable bonds is 14. The third kappa shape index (κ3) is 8.72. The van der Waals surface area contributed by atoms with E-state index in [4.69, 9.17) is 4.74 Å². The lowest BCUT2D eigenvalue weighted by atomic mass is 9.85. The molecule has 1 aliphatic carbocycles. The number of amides is 5. The maximum atomic E-state index is 14.1. The molecule has 6 atom stereocenters. The van der Waals surface area contributed by atoms with E-state index in [2.05, 4.69) is 32.6 Å². The van der Waals surface area contributed by atoms with E-state index in [0.717, 1.165) is 0 Å². The lowest BCUT2D eigenvalue weighted by Crippen LogP contribution is -2.62. The second kappa shape index (κ2) is 14.9. The molecule has 0 aromatic carbocycles. The van der Waals surface area contributed by atoms with Gasteiger partial charge in [0.15, 0.2) is 0 Å². The van der Waals surface area contributed by atoms with Gasteiger partial charge in [-0.15, -0.1) is 6.58 Å². The number of urea groups is 1. The summed E-state index contributed by atoms with van der Waals surface area (Å²) in [5.74, 6) is -2.68. The van der Waals surface area contributed by atoms with E-state index >= 15 is 0 Å². The van der Waals surface area contributed by atoms with Crippen LogP contribution in [0.4, 0.5) is 9.59 Å². The molecule has 2 rings (SSSR count). The number of hydrogen-bond donors (Lipinski definition) is 4. The number of nitrogens with zero attached hydrogens (tertiary/aromatic N) is 1. The maximum Gasteiger partial charge on any atom is 0.508 e. The van der Waals surface area contributed by atoms with E-state index in [9.17, 15) is 28.8 Å². The van der Waals surface area contributed by atoms with E-state index in [1.54, 1.807) is 0 Å². The number of ketones is 1. The summed E-state index contributed by atoms with van der Waals surface area (Å²) in [6.45, 7) is 18.9. The smallest absolute Gasteiger partial charge is 0.438 e. The number of carbonyl (C=O) groups is 6. The summed E-state index contributed by atoms with van der Waals surface area (Å²) in [4.78, 5) is 79.3. The van der Waals surface area contributed by atoms with Gasteiger partial charge in [-0.1, -0.05) is 67.9 Å². The Morgan fingerprint density at radius 2 is 1.70 bits per heavy atom. The Bertz CT molecular complexity index is 1110. The first-order valence-electron chi connectivity index (χ1n) is 15.2. The molecule has 0 aromatic heterocycles. The van der Waals surface area contributed by atoms with Crippen LogP contribution >= 0.6 is 0 Å². The van der Waals surface area contributed by atoms with Gasteiger partial charge in [0, 0.05) is 13.1 Å². The molecule has 0 aromatic rings. The molecule has 13 heteroatoms. The van der Waals surface area contributed by atoms with Crippen molar-refractivity contribution in [2.24, 2.45) is 28.6 Å². The van der Waals surface area contributed by atoms with E-state index in [1.165, 1.54) is 18.1 Å². The van der Waals surface area contributed by atoms with Gasteiger partial charge in [-0.2, -0.15) is 0 Å². The Kier molecular flexibility index (Phi) is 12.4. The van der Waals surface area contributed by atoms with E-state index in [-0.39, 0.29) is 42.7 Å². The summed E-state index contributed by atoms with van der Waals surface area (Å²) in [5, 5.41) is 10.8. The van der Waals surface area contributed by atoms with Gasteiger partial charge < -0.3 is 35.6 Å². The van der Waals surface area contributed by atoms with Crippen molar-refractivity contribution < 1.29 is 38.2 Å². The zero-order valence-corrected chi connectivity index (χ0v) is 27.6. The van der Waals surface area contributed by atoms with Crippen molar-refractivity contribution in [3.8, 4) is 0 Å². The predicted octanol–water partition coefficient (Wildman–Crippen LogP) is 2.15. The summed E-state index contributed by atoms with van der Waals surface area (Å²) in [6, 6.07) is -4.11. The number of Topliss-reactive ketones (excluding diaryl/α,β-unsaturated/α-hetero) is 1. The van der Waals surface area contributed by atoms with Crippen LogP contribution in [0.1, 0.15) is 68.2 Å². The first kappa shape index (κ1) is 36.6. The highest BCUT2D eigenvalue weighted by Gasteiger charge is 2.69. The number of fused-ring (bicyclic) bond motifs is 1. The standard InChI is InChI=1S/C31H51N5O8/c1-11-13-19(23(37)26(39)32-14-12-2)33-25(38)22-21-18(31(21,8)9)15-36(22)27(40)24(30(5,6)7)35-28(41)34-20(17(3)4)16-44-29(42)43-10/h12,17-22,24H,2,11,13-16H2,1,3-10H3,(H,32,39)(H,33,38)(H2,34,35,41)/t18-,19?,20+,21-,22-,24+/m0/s1. The molecule has 13 nitrogen and oxygen atoms in total. The van der Waals surface area contributed by atoms with Crippen LogP contribution in [0.5, 0.6) is 0 Å². The van der Waals surface area contributed by atoms with Gasteiger partial charge in [0.25, 0.3) is 5.91 Å². The topological polar surface area (TPSA) is 172 Å². The average molecular weight is 622 g/mol. The van der Waals surface area contributed by atoms with Crippen molar-refractivity contribution in [3.63, 3.8) is 0 Å². The highest BCUT2D eigenvalue weighted by molar-refractivity contribution is 6.38. The second-order valence-electron chi connectivity index (χ2n) is 13.6. The van der Waals surface area contributed by atoms with Crippen LogP contribution in [-0.2, 0) is 28.7 Å². The van der Waals surface area contributed by atoms with Crippen molar-refractivity contribution in [1.29, 1.82) is 0 Å². The molecule has 1 saturated carbocycles. The Morgan fingerprint density at radius 3 is 2.23 bits per heavy atom. The van der Waals surface area contributed by atoms with Crippen molar-refractivity contribution in [3.05, 3.63) is 12.7 Å². The largest absolute Gasteiger partial charge is 0.508 e. The average Bonchev–Trinajstić information content (AvgIpc) is 3.26. The third-order valence-electron chi connectivity index (χ3n) is 8.66. The van der Waals surface area contributed by atoms with Crippen molar-refractivity contribution in [1.82, 2.24) is 26.2 Å². The number of hydrogen-bond acceptors (Lipinski definition) is 8. The quantitative estimate of drug-likeness (QED) is 0.130. The van der Waals surface area contributed by atoms with E-state index < -0.39 is 65.3 Å². The molecule has 2 fully saturated rings. The van der Waals surface area contributed by atoms with Gasteiger partial charge in [0.1, 0.15) is 18.7 Å². The third-order valence-corrected chi connectivity index (χ3v) is 8.66. The first-order chi connectivity index (χ1) is 20.4. The molecule has 0 spiro atoms. The molecule has 1 unspecified atom stereocenters. The highest BCUT2D eigenvalue weighted by atomic mass is 16.7. The molecule has 1 aliphatic heterocycles. The molecular formula is C31H51N5O8. The zero-order valence-electron chi connectivity index (χ0n) is 27.6. The summed E-state index contributed by atoms with van der Waals surface area (Å²) in [5.41, 5.74) is -0.936. The molecule has 1 saturated heterocycles. The fraction of sp³-hybridized carbons (Fsp3) is 0.742. The lowest BCUT2D eigenvalue weighted by molar-refractivity contribution is -0.145. The molecule has 1 heterocycles. The SMILES string of the molecule is C=CCNC(=O)C(=O)C(CCC)NC(=O)[C@@H]1[C@@H]2[C@H](CN1C(=O)[C@@H](NC(=O)N[C@H](COC(=O)OC)C(C)C)C(C)(C)C)C2(C)C. The van der Waals surface area contributed by atoms with Gasteiger partial charge in [-0.3, -0.25) is 19.2 Å². The van der Waals surface area contributed by atoms with Crippen molar-refractivity contribution in [2.45, 2.75) is 92.4 Å². The van der Waals surface area contributed by atoms with Gasteiger partial charge in [0.05, 0.1) is 19.2 Å². The number of ether oxygens (including phenoxy) is 2. The molecule has 2 aliphatic rings. The number of nitrogens with one attached hydrogen (secondary N) is 4. The maximum absolute atomic E-state index is 14.1. The minimum Gasteiger partial charge on any atom is -0.438 e. The lowest BCUT2D eigenvalue weighted by Gasteiger charge is -2.38. The van der Waals surface area contributed by atoms with E-state index in [0.29, 0.717) is 13.0 Å². The summed E-state index contributed by atoms with van der Waals surface area (Å²) < 4.78 is 9.52. The fourth-order valence-corrected chi connectivity index (χ4v) is 5.81. The molecule has 248 valence electrons. The molecule has 5 amide bonds. The molecule has 44 heavy (non-hydrogen) atoms. The summed E-state index contributed by atoms with van der Waals surface area (Å²) >= 11 is 0. The molecule has 0 radical (unpaired) electrons. The Morgan fingerprint density at radius 1 is 1.07 bits per heavy atom. The second-order valence-corrected chi connectivity index (χ2v) is 13.6. The number of piperidine rings is 1. The first-order valence-corrected chi connectivity index (χ1v) is 15.2. The van der Waals surface area contributed by atoms with Crippen LogP contribution in [0.2, 0.25) is 0 Å². The van der Waals surface area contributed by atoms with Crippen LogP contribution in [0.15, 0.2) is 12.7 Å². The van der Waals surface area contributed by atoms with Crippen LogP contribution in [-0.4, -0.2) is 91.6 Å². The Balaban J connectivity index is 2.27. The number of methoxy groups -OCH3 is 1. The van der Waals surface area contributed by atoms with Gasteiger partial charge in [-0.25, -0.2) is 9.59 Å². The van der Waals surface area contributed by atoms with Crippen LogP contribution in [0.3, 0.4) is 0 Å². The minimum atomic E-state index is -1.04. The summed E-state index contributed by atoms with van der Waals surface area (Å²) in [7, 11) is 1.19. The monoisotopic (exact) mass is 621 g/mol. The number of likely N-dealkylation sites (tertiary alicyclic amines) is 1. The van der Waals surface area contributed by atoms with Gasteiger partial charge in [0.2, 0.25) is 17.6 Å². The van der Waals surface area contributed by atoms with Crippen LogP contribution in [0, 0.1) is 28.6 Å². The minimum absolute atomic E-state index is 0.0636. The van der Waals surface area contributed by atoms with Gasteiger partial charge >= 0.3 is 12.2 Å².